The lowest BCUT2D eigenvalue weighted by molar-refractivity contribution is 0.259. The highest BCUT2D eigenvalue weighted by molar-refractivity contribution is 6.42. The Bertz CT molecular complexity index is 969. The molecule has 148 valence electrons. The second kappa shape index (κ2) is 9.30. The number of hydrogen-bond donors (Lipinski definition) is 5. The van der Waals surface area contributed by atoms with Crippen LogP contribution in [-0.4, -0.2) is 35.9 Å². The Hall–Kier alpha value is -2.25. The van der Waals surface area contributed by atoms with E-state index in [0.717, 1.165) is 43.8 Å². The van der Waals surface area contributed by atoms with E-state index in [0.29, 0.717) is 16.6 Å². The van der Waals surface area contributed by atoms with Gasteiger partial charge in [0.05, 0.1) is 16.4 Å². The number of halogens is 2. The van der Waals surface area contributed by atoms with Crippen LogP contribution in [0.25, 0.3) is 10.9 Å². The number of hydrogen-bond acceptors (Lipinski definition) is 4. The summed E-state index contributed by atoms with van der Waals surface area (Å²) >= 11 is 12.1. The van der Waals surface area contributed by atoms with Crippen molar-refractivity contribution in [2.24, 2.45) is 11.5 Å². The smallest absolute Gasteiger partial charge is 0.0765 e. The normalized spacial score (nSPS) is 13.5. The second-order valence-electron chi connectivity index (χ2n) is 6.58. The van der Waals surface area contributed by atoms with E-state index in [2.05, 4.69) is 39.1 Å². The summed E-state index contributed by atoms with van der Waals surface area (Å²) in [6.45, 7) is 3.64. The van der Waals surface area contributed by atoms with Gasteiger partial charge in [-0.05, 0) is 48.4 Å². The molecular weight excluding hydrogens is 395 g/mol. The maximum absolute atomic E-state index is 6.10. The third kappa shape index (κ3) is 4.59. The molecule has 1 aliphatic rings. The highest BCUT2D eigenvalue weighted by Gasteiger charge is 2.20. The molecule has 0 aliphatic carbocycles. The van der Waals surface area contributed by atoms with Gasteiger partial charge in [0.15, 0.2) is 0 Å². The summed E-state index contributed by atoms with van der Waals surface area (Å²) in [6, 6.07) is 12.0. The molecule has 3 aromatic rings. The molecule has 2 aromatic carbocycles. The predicted octanol–water partition coefficient (Wildman–Crippen LogP) is 4.09. The average molecular weight is 419 g/mol. The van der Waals surface area contributed by atoms with Crippen molar-refractivity contribution in [2.75, 3.05) is 25.0 Å². The van der Waals surface area contributed by atoms with Crippen LogP contribution in [0.3, 0.4) is 0 Å². The Morgan fingerprint density at radius 1 is 1.14 bits per heavy atom. The molecule has 0 fully saturated rings. The summed E-state index contributed by atoms with van der Waals surface area (Å²) in [4.78, 5) is 5.96. The maximum Gasteiger partial charge on any atom is 0.0765 e. The van der Waals surface area contributed by atoms with Crippen molar-refractivity contribution < 1.29 is 0 Å². The highest BCUT2D eigenvalue weighted by atomic mass is 35.5. The number of anilines is 2. The van der Waals surface area contributed by atoms with Crippen molar-refractivity contribution in [3.63, 3.8) is 0 Å². The Labute approximate surface area is 174 Å². The summed E-state index contributed by atoms with van der Waals surface area (Å²) in [5.41, 5.74) is 15.9. The fourth-order valence-electron chi connectivity index (χ4n) is 3.49. The number of benzene rings is 2. The summed E-state index contributed by atoms with van der Waals surface area (Å²) in [6.07, 6.45) is 1.80. The molecule has 1 aliphatic heterocycles. The van der Waals surface area contributed by atoms with E-state index < -0.39 is 0 Å². The minimum Gasteiger partial charge on any atom is -0.390 e. The first kappa shape index (κ1) is 20.5. The lowest BCUT2D eigenvalue weighted by atomic mass is 10.0. The van der Waals surface area contributed by atoms with Gasteiger partial charge in [-0.25, -0.2) is 0 Å². The summed E-state index contributed by atoms with van der Waals surface area (Å²) in [5, 5.41) is 11.7. The number of rotatable bonds is 4. The number of nitrogens with one attached hydrogen (secondary N) is 3. The van der Waals surface area contributed by atoms with Gasteiger partial charge in [0.1, 0.15) is 0 Å². The van der Waals surface area contributed by atoms with Crippen molar-refractivity contribution in [3.8, 4) is 0 Å². The third-order valence-electron chi connectivity index (χ3n) is 4.71. The van der Waals surface area contributed by atoms with Gasteiger partial charge in [-0.15, -0.1) is 0 Å². The first-order chi connectivity index (χ1) is 13.5. The molecule has 4 rings (SSSR count). The van der Waals surface area contributed by atoms with Crippen LogP contribution in [0.5, 0.6) is 0 Å². The molecule has 0 saturated heterocycles. The lowest BCUT2D eigenvalue weighted by Gasteiger charge is -2.26. The molecule has 0 saturated carbocycles. The average Bonchev–Trinajstić information content (AvgIpc) is 3.03. The van der Waals surface area contributed by atoms with Crippen LogP contribution >= 0.6 is 23.2 Å². The van der Waals surface area contributed by atoms with Gasteiger partial charge in [0, 0.05) is 54.2 Å². The lowest BCUT2D eigenvalue weighted by Crippen LogP contribution is -2.34. The van der Waals surface area contributed by atoms with Crippen LogP contribution in [0, 0.1) is 5.41 Å². The number of aromatic amines is 1. The molecule has 7 N–H and O–H groups in total. The molecule has 0 amide bonds. The quantitative estimate of drug-likeness (QED) is 0.324. The monoisotopic (exact) mass is 418 g/mol. The van der Waals surface area contributed by atoms with E-state index in [9.17, 15) is 0 Å². The van der Waals surface area contributed by atoms with Crippen LogP contribution in [0.4, 0.5) is 11.4 Å². The van der Waals surface area contributed by atoms with E-state index in [1.54, 1.807) is 6.07 Å². The Morgan fingerprint density at radius 2 is 1.86 bits per heavy atom. The Morgan fingerprint density at radius 3 is 2.57 bits per heavy atom. The van der Waals surface area contributed by atoms with E-state index in [1.165, 1.54) is 22.2 Å². The van der Waals surface area contributed by atoms with Crippen molar-refractivity contribution >= 4 is 51.8 Å². The van der Waals surface area contributed by atoms with Crippen molar-refractivity contribution in [1.29, 1.82) is 5.41 Å². The summed E-state index contributed by atoms with van der Waals surface area (Å²) in [5.74, 6) is 0. The second-order valence-corrected chi connectivity index (χ2v) is 7.39. The van der Waals surface area contributed by atoms with Gasteiger partial charge in [-0.1, -0.05) is 23.2 Å². The van der Waals surface area contributed by atoms with E-state index in [4.69, 9.17) is 34.3 Å². The predicted molar refractivity (Wildman–Crippen MR) is 119 cm³/mol. The maximum atomic E-state index is 6.10. The van der Waals surface area contributed by atoms with Crippen LogP contribution in [0.2, 0.25) is 10.0 Å². The van der Waals surface area contributed by atoms with Gasteiger partial charge in [0.2, 0.25) is 0 Å². The van der Waals surface area contributed by atoms with Crippen molar-refractivity contribution in [1.82, 2.24) is 9.88 Å². The zero-order valence-electron chi connectivity index (χ0n) is 15.4. The number of fused-ring (bicyclic) bond motifs is 3. The van der Waals surface area contributed by atoms with Crippen LogP contribution in [0.1, 0.15) is 11.3 Å². The van der Waals surface area contributed by atoms with Crippen LogP contribution in [0.15, 0.2) is 36.4 Å². The highest BCUT2D eigenvalue weighted by Crippen LogP contribution is 2.31. The van der Waals surface area contributed by atoms with Crippen molar-refractivity contribution in [3.05, 3.63) is 57.7 Å². The van der Waals surface area contributed by atoms with E-state index in [1.807, 2.05) is 12.1 Å². The standard InChI is InChI=1S/C19H20Cl2N4.CH4N2/c20-16-3-1-13(10-17(16)21)23-12-2-4-18-15(9-12)14-5-7-25(8-6-22)11-19(14)24-18;2-1-3/h1-4,9-10,23-24H,5-8,11,22H2;1H,(H3,2,3). The molecule has 8 heteroatoms. The molecule has 0 atom stereocenters. The number of nitrogens with two attached hydrogens (primary N) is 2. The molecule has 0 bridgehead atoms. The molecule has 1 aromatic heterocycles. The van der Waals surface area contributed by atoms with Gasteiger partial charge in [-0.2, -0.15) is 0 Å². The topological polar surface area (TPSA) is 107 Å². The summed E-state index contributed by atoms with van der Waals surface area (Å²) < 4.78 is 0. The minimum absolute atomic E-state index is 0.548. The molecule has 6 nitrogen and oxygen atoms in total. The van der Waals surface area contributed by atoms with Gasteiger partial charge in [0.25, 0.3) is 0 Å². The fraction of sp³-hybridized carbons (Fsp3) is 0.250. The zero-order valence-corrected chi connectivity index (χ0v) is 16.9. The largest absolute Gasteiger partial charge is 0.390 e. The molecule has 2 heterocycles. The molecule has 0 radical (unpaired) electrons. The van der Waals surface area contributed by atoms with Crippen LogP contribution < -0.4 is 16.8 Å². The molecule has 0 spiro atoms. The van der Waals surface area contributed by atoms with Gasteiger partial charge in [-0.3, -0.25) is 10.3 Å². The molecule has 0 unspecified atom stereocenters. The first-order valence-electron chi connectivity index (χ1n) is 9.04. The van der Waals surface area contributed by atoms with Gasteiger partial charge < -0.3 is 21.8 Å². The number of aromatic nitrogens is 1. The van der Waals surface area contributed by atoms with Crippen LogP contribution in [-0.2, 0) is 13.0 Å². The SMILES string of the molecule is N=CN.NCCN1CCc2c([nH]c3ccc(Nc4ccc(Cl)c(Cl)c4)cc23)C1. The third-order valence-corrected chi connectivity index (χ3v) is 5.45. The summed E-state index contributed by atoms with van der Waals surface area (Å²) in [7, 11) is 0. The first-order valence-corrected chi connectivity index (χ1v) is 9.80. The number of H-pyrrole nitrogens is 1. The fourth-order valence-corrected chi connectivity index (χ4v) is 3.79. The number of nitrogens with zero attached hydrogens (tertiary/aromatic N) is 1. The van der Waals surface area contributed by atoms with Crippen molar-refractivity contribution in [2.45, 2.75) is 13.0 Å². The van der Waals surface area contributed by atoms with E-state index in [-0.39, 0.29) is 0 Å². The van der Waals surface area contributed by atoms with Gasteiger partial charge >= 0.3 is 0 Å². The van der Waals surface area contributed by atoms with E-state index >= 15 is 0 Å². The Kier molecular flexibility index (Phi) is 6.80. The minimum atomic E-state index is 0.548. The molecular formula is C20H24Cl2N6. The zero-order chi connectivity index (χ0) is 20.1. The Balaban J connectivity index is 0.000000706. The molecule has 28 heavy (non-hydrogen) atoms.